The minimum atomic E-state index is -0.907. The molecular weight excluding hydrogens is 314 g/mol. The Morgan fingerprint density at radius 2 is 2.00 bits per heavy atom. The molecule has 3 atom stereocenters. The van der Waals surface area contributed by atoms with E-state index in [2.05, 4.69) is 5.32 Å². The van der Waals surface area contributed by atoms with Crippen LogP contribution in [-0.2, 0) is 4.74 Å². The highest BCUT2D eigenvalue weighted by atomic mass is 35.5. The van der Waals surface area contributed by atoms with Crippen LogP contribution in [0.15, 0.2) is 42.5 Å². The van der Waals surface area contributed by atoms with Crippen LogP contribution in [0.1, 0.15) is 40.1 Å². The Bertz CT molecular complexity index is 759. The molecule has 2 aliphatic heterocycles. The molecule has 4 nitrogen and oxygen atoms in total. The van der Waals surface area contributed by atoms with E-state index in [-0.39, 0.29) is 12.1 Å². The van der Waals surface area contributed by atoms with E-state index in [0.717, 1.165) is 29.8 Å². The van der Waals surface area contributed by atoms with E-state index in [1.165, 1.54) is 0 Å². The van der Waals surface area contributed by atoms with Gasteiger partial charge in [-0.15, -0.1) is 0 Å². The summed E-state index contributed by atoms with van der Waals surface area (Å²) in [6.45, 7) is 0.729. The molecule has 0 radical (unpaired) electrons. The van der Waals surface area contributed by atoms with Crippen molar-refractivity contribution in [3.8, 4) is 0 Å². The van der Waals surface area contributed by atoms with Gasteiger partial charge in [-0.3, -0.25) is 0 Å². The number of carbonyl (C=O) groups is 1. The molecule has 0 spiro atoms. The minimum Gasteiger partial charge on any atom is -0.478 e. The first-order valence-corrected chi connectivity index (χ1v) is 8.02. The Kier molecular flexibility index (Phi) is 3.51. The zero-order chi connectivity index (χ0) is 16.0. The van der Waals surface area contributed by atoms with E-state index in [9.17, 15) is 4.79 Å². The molecule has 118 valence electrons. The lowest BCUT2D eigenvalue weighted by Gasteiger charge is -2.36. The maximum Gasteiger partial charge on any atom is 0.335 e. The van der Waals surface area contributed by atoms with E-state index >= 15 is 0 Å². The maximum absolute atomic E-state index is 11.0. The van der Waals surface area contributed by atoms with Crippen LogP contribution < -0.4 is 5.32 Å². The average Bonchev–Trinajstić information content (AvgIpc) is 3.04. The molecule has 1 fully saturated rings. The van der Waals surface area contributed by atoms with Crippen LogP contribution in [0.25, 0.3) is 0 Å². The molecule has 2 aromatic rings. The summed E-state index contributed by atoms with van der Waals surface area (Å²) in [4.78, 5) is 11.0. The van der Waals surface area contributed by atoms with E-state index in [4.69, 9.17) is 21.4 Å². The first-order valence-electron chi connectivity index (χ1n) is 7.64. The number of nitrogens with one attached hydrogen (secondary N) is 1. The molecule has 1 saturated heterocycles. The second-order valence-electron chi connectivity index (χ2n) is 6.02. The van der Waals surface area contributed by atoms with Gasteiger partial charge in [0.05, 0.1) is 17.7 Å². The Hall–Kier alpha value is -2.04. The van der Waals surface area contributed by atoms with Crippen molar-refractivity contribution in [3.63, 3.8) is 0 Å². The quantitative estimate of drug-likeness (QED) is 0.863. The molecule has 23 heavy (non-hydrogen) atoms. The Morgan fingerprint density at radius 3 is 2.74 bits per heavy atom. The number of anilines is 1. The van der Waals surface area contributed by atoms with Gasteiger partial charge in [-0.25, -0.2) is 4.79 Å². The number of ether oxygens (including phenoxy) is 1. The van der Waals surface area contributed by atoms with Crippen LogP contribution in [0, 0.1) is 5.92 Å². The topological polar surface area (TPSA) is 58.6 Å². The first-order chi connectivity index (χ1) is 11.1. The lowest BCUT2D eigenvalue weighted by molar-refractivity contribution is 0.0696. The van der Waals surface area contributed by atoms with Gasteiger partial charge in [0.15, 0.2) is 0 Å². The van der Waals surface area contributed by atoms with Crippen molar-refractivity contribution in [2.75, 3.05) is 11.9 Å². The van der Waals surface area contributed by atoms with Gasteiger partial charge in [0.2, 0.25) is 0 Å². The van der Waals surface area contributed by atoms with Gasteiger partial charge < -0.3 is 15.2 Å². The van der Waals surface area contributed by atoms with Gasteiger partial charge in [0.25, 0.3) is 0 Å². The average molecular weight is 330 g/mol. The van der Waals surface area contributed by atoms with Gasteiger partial charge in [0, 0.05) is 28.8 Å². The normalized spacial score (nSPS) is 25.3. The van der Waals surface area contributed by atoms with Crippen molar-refractivity contribution in [2.24, 2.45) is 5.92 Å². The third-order valence-corrected chi connectivity index (χ3v) is 4.95. The second-order valence-corrected chi connectivity index (χ2v) is 6.46. The lowest BCUT2D eigenvalue weighted by atomic mass is 9.81. The number of rotatable bonds is 2. The smallest absolute Gasteiger partial charge is 0.335 e. The monoisotopic (exact) mass is 329 g/mol. The number of carboxylic acids is 1. The van der Waals surface area contributed by atoms with Gasteiger partial charge in [-0.2, -0.15) is 0 Å². The summed E-state index contributed by atoms with van der Waals surface area (Å²) in [6.07, 6.45) is 1.00. The molecule has 2 aliphatic rings. The Balaban J connectivity index is 1.72. The van der Waals surface area contributed by atoms with Gasteiger partial charge in [0.1, 0.15) is 0 Å². The summed E-state index contributed by atoms with van der Waals surface area (Å²) in [7, 11) is 0. The standard InChI is InChI=1S/C18H16ClNO3/c19-12-5-6-15-14(9-12)17-13(7-8-23-17)16(20-15)10-1-3-11(4-2-10)18(21)22/h1-6,9,13,16-17,20H,7-8H2,(H,21,22)/t13-,16-,17-/m0/s1. The predicted molar refractivity (Wildman–Crippen MR) is 88.0 cm³/mol. The molecule has 0 aromatic heterocycles. The largest absolute Gasteiger partial charge is 0.478 e. The number of halogens is 1. The van der Waals surface area contributed by atoms with Crippen LogP contribution in [0.2, 0.25) is 5.02 Å². The summed E-state index contributed by atoms with van der Waals surface area (Å²) in [5, 5.41) is 13.3. The minimum absolute atomic E-state index is 0.0362. The summed E-state index contributed by atoms with van der Waals surface area (Å²) < 4.78 is 5.96. The summed E-state index contributed by atoms with van der Waals surface area (Å²) in [5.41, 5.74) is 3.52. The van der Waals surface area contributed by atoms with Crippen molar-refractivity contribution < 1.29 is 14.6 Å². The number of hydrogen-bond donors (Lipinski definition) is 2. The summed E-state index contributed by atoms with van der Waals surface area (Å²) >= 11 is 6.13. The van der Waals surface area contributed by atoms with Crippen LogP contribution in [0.5, 0.6) is 0 Å². The number of aromatic carboxylic acids is 1. The fraction of sp³-hybridized carbons (Fsp3) is 0.278. The number of carboxylic acid groups (broad SMARTS) is 1. The maximum atomic E-state index is 11.0. The SMILES string of the molecule is O=C(O)c1ccc([C@@H]2Nc3ccc(Cl)cc3[C@H]3OCC[C@H]32)cc1. The molecule has 2 aromatic carbocycles. The zero-order valence-corrected chi connectivity index (χ0v) is 13.1. The second kappa shape index (κ2) is 5.55. The van der Waals surface area contributed by atoms with Gasteiger partial charge in [-0.1, -0.05) is 23.7 Å². The predicted octanol–water partition coefficient (Wildman–Crippen LogP) is 4.28. The highest BCUT2D eigenvalue weighted by Gasteiger charge is 2.41. The van der Waals surface area contributed by atoms with E-state index in [1.807, 2.05) is 30.3 Å². The van der Waals surface area contributed by atoms with Crippen LogP contribution in [-0.4, -0.2) is 17.7 Å². The van der Waals surface area contributed by atoms with Crippen LogP contribution >= 0.6 is 11.6 Å². The van der Waals surface area contributed by atoms with E-state index in [0.29, 0.717) is 16.5 Å². The number of benzene rings is 2. The third kappa shape index (κ3) is 2.48. The Labute approximate surface area is 139 Å². The summed E-state index contributed by atoms with van der Waals surface area (Å²) in [6, 6.07) is 13.0. The molecule has 0 amide bonds. The fourth-order valence-electron chi connectivity index (χ4n) is 3.61. The van der Waals surface area contributed by atoms with Crippen molar-refractivity contribution in [2.45, 2.75) is 18.6 Å². The van der Waals surface area contributed by atoms with Crippen molar-refractivity contribution in [3.05, 3.63) is 64.2 Å². The fourth-order valence-corrected chi connectivity index (χ4v) is 3.79. The third-order valence-electron chi connectivity index (χ3n) is 4.71. The van der Waals surface area contributed by atoms with Crippen LogP contribution in [0.3, 0.4) is 0 Å². The molecule has 4 rings (SSSR count). The zero-order valence-electron chi connectivity index (χ0n) is 12.3. The highest BCUT2D eigenvalue weighted by molar-refractivity contribution is 6.30. The molecule has 0 unspecified atom stereocenters. The highest BCUT2D eigenvalue weighted by Crippen LogP contribution is 2.50. The van der Waals surface area contributed by atoms with E-state index in [1.54, 1.807) is 12.1 Å². The van der Waals surface area contributed by atoms with Gasteiger partial charge in [-0.05, 0) is 42.3 Å². The molecule has 2 N–H and O–H groups in total. The molecule has 0 saturated carbocycles. The molecular formula is C18H16ClNO3. The Morgan fingerprint density at radius 1 is 1.22 bits per heavy atom. The number of hydrogen-bond acceptors (Lipinski definition) is 3. The number of fused-ring (bicyclic) bond motifs is 3. The van der Waals surface area contributed by atoms with Crippen molar-refractivity contribution in [1.29, 1.82) is 0 Å². The molecule has 0 bridgehead atoms. The first kappa shape index (κ1) is 14.5. The van der Waals surface area contributed by atoms with E-state index < -0.39 is 5.97 Å². The van der Waals surface area contributed by atoms with Crippen LogP contribution in [0.4, 0.5) is 5.69 Å². The van der Waals surface area contributed by atoms with Gasteiger partial charge >= 0.3 is 5.97 Å². The summed E-state index contributed by atoms with van der Waals surface area (Å²) in [5.74, 6) is -0.591. The molecule has 2 heterocycles. The molecule has 0 aliphatic carbocycles. The van der Waals surface area contributed by atoms with Crippen molar-refractivity contribution in [1.82, 2.24) is 0 Å². The lowest BCUT2D eigenvalue weighted by Crippen LogP contribution is -2.29. The van der Waals surface area contributed by atoms with Crippen molar-refractivity contribution >= 4 is 23.3 Å². The molecule has 5 heteroatoms.